The van der Waals surface area contributed by atoms with E-state index in [0.717, 1.165) is 24.9 Å². The van der Waals surface area contributed by atoms with Gasteiger partial charge in [-0.2, -0.15) is 0 Å². The molecule has 0 spiro atoms. The Balaban J connectivity index is 0.00000200. The molecule has 1 aromatic carbocycles. The standard InChI is InChI=1S/C14H19N3O2.ClH/c1-9(18)16-12-4-6-13(7-5-12)17-14(19)10-2-3-11(15)8-10;/h4-7,10-11H,2-3,8,15H2,1H3,(H,16,18)(H,17,19);1H. The van der Waals surface area contributed by atoms with Gasteiger partial charge in [0, 0.05) is 30.3 Å². The Kier molecular flexibility index (Phi) is 5.98. The SMILES string of the molecule is CC(=O)Nc1ccc(NC(=O)C2CCC(N)C2)cc1.Cl. The summed E-state index contributed by atoms with van der Waals surface area (Å²) in [7, 11) is 0. The van der Waals surface area contributed by atoms with E-state index >= 15 is 0 Å². The summed E-state index contributed by atoms with van der Waals surface area (Å²) in [6, 6.07) is 7.23. The normalized spacial score (nSPS) is 20.9. The Labute approximate surface area is 124 Å². The van der Waals surface area contributed by atoms with Crippen molar-refractivity contribution in [1.29, 1.82) is 0 Å². The second-order valence-electron chi connectivity index (χ2n) is 5.02. The highest BCUT2D eigenvalue weighted by molar-refractivity contribution is 5.93. The number of carbonyl (C=O) groups is 2. The Bertz CT molecular complexity index is 476. The third-order valence-corrected chi connectivity index (χ3v) is 3.32. The van der Waals surface area contributed by atoms with E-state index in [4.69, 9.17) is 5.73 Å². The van der Waals surface area contributed by atoms with Crippen LogP contribution in [0, 0.1) is 5.92 Å². The topological polar surface area (TPSA) is 84.2 Å². The molecule has 6 heteroatoms. The van der Waals surface area contributed by atoms with Gasteiger partial charge < -0.3 is 16.4 Å². The van der Waals surface area contributed by atoms with Gasteiger partial charge in [-0.25, -0.2) is 0 Å². The lowest BCUT2D eigenvalue weighted by Crippen LogP contribution is -2.23. The molecule has 0 saturated heterocycles. The van der Waals surface area contributed by atoms with Crippen molar-refractivity contribution in [1.82, 2.24) is 0 Å². The molecule has 20 heavy (non-hydrogen) atoms. The van der Waals surface area contributed by atoms with Crippen molar-refractivity contribution in [2.24, 2.45) is 11.7 Å². The van der Waals surface area contributed by atoms with Crippen LogP contribution in [0.1, 0.15) is 26.2 Å². The van der Waals surface area contributed by atoms with Gasteiger partial charge in [0.15, 0.2) is 0 Å². The maximum Gasteiger partial charge on any atom is 0.227 e. The molecule has 1 saturated carbocycles. The lowest BCUT2D eigenvalue weighted by atomic mass is 10.1. The molecule has 0 radical (unpaired) electrons. The van der Waals surface area contributed by atoms with Crippen molar-refractivity contribution >= 4 is 35.6 Å². The minimum atomic E-state index is -0.114. The summed E-state index contributed by atoms with van der Waals surface area (Å²) < 4.78 is 0. The van der Waals surface area contributed by atoms with Crippen LogP contribution in [-0.4, -0.2) is 17.9 Å². The number of benzene rings is 1. The molecule has 2 unspecified atom stereocenters. The van der Waals surface area contributed by atoms with Gasteiger partial charge in [0.25, 0.3) is 0 Å². The van der Waals surface area contributed by atoms with E-state index in [2.05, 4.69) is 10.6 Å². The first-order valence-corrected chi connectivity index (χ1v) is 6.48. The summed E-state index contributed by atoms with van der Waals surface area (Å²) in [6.45, 7) is 1.46. The minimum absolute atomic E-state index is 0. The van der Waals surface area contributed by atoms with Gasteiger partial charge >= 0.3 is 0 Å². The summed E-state index contributed by atoms with van der Waals surface area (Å²) >= 11 is 0. The highest BCUT2D eigenvalue weighted by Gasteiger charge is 2.27. The van der Waals surface area contributed by atoms with Gasteiger partial charge in [-0.1, -0.05) is 0 Å². The fourth-order valence-electron chi connectivity index (χ4n) is 2.34. The fraction of sp³-hybridized carbons (Fsp3) is 0.429. The molecule has 0 heterocycles. The Morgan fingerprint density at radius 3 is 2.10 bits per heavy atom. The lowest BCUT2D eigenvalue weighted by Gasteiger charge is -2.11. The van der Waals surface area contributed by atoms with Crippen molar-refractivity contribution in [2.45, 2.75) is 32.2 Å². The highest BCUT2D eigenvalue weighted by Crippen LogP contribution is 2.25. The van der Waals surface area contributed by atoms with E-state index in [9.17, 15) is 9.59 Å². The van der Waals surface area contributed by atoms with Gasteiger partial charge in [-0.15, -0.1) is 12.4 Å². The molecule has 0 bridgehead atoms. The number of amides is 2. The number of hydrogen-bond acceptors (Lipinski definition) is 3. The predicted octanol–water partition coefficient (Wildman–Crippen LogP) is 2.13. The quantitative estimate of drug-likeness (QED) is 0.799. The van der Waals surface area contributed by atoms with Crippen LogP contribution in [-0.2, 0) is 9.59 Å². The van der Waals surface area contributed by atoms with E-state index in [1.807, 2.05) is 0 Å². The third kappa shape index (κ3) is 4.51. The first-order chi connectivity index (χ1) is 9.04. The van der Waals surface area contributed by atoms with E-state index < -0.39 is 0 Å². The average Bonchev–Trinajstić information content (AvgIpc) is 2.78. The molecule has 4 N–H and O–H groups in total. The molecule has 2 atom stereocenters. The van der Waals surface area contributed by atoms with E-state index in [1.54, 1.807) is 24.3 Å². The van der Waals surface area contributed by atoms with Crippen molar-refractivity contribution in [3.63, 3.8) is 0 Å². The predicted molar refractivity (Wildman–Crippen MR) is 81.9 cm³/mol. The van der Waals surface area contributed by atoms with Crippen molar-refractivity contribution < 1.29 is 9.59 Å². The van der Waals surface area contributed by atoms with Crippen LogP contribution in [0.5, 0.6) is 0 Å². The van der Waals surface area contributed by atoms with Crippen LogP contribution in [0.3, 0.4) is 0 Å². The van der Waals surface area contributed by atoms with E-state index in [-0.39, 0.29) is 36.2 Å². The highest BCUT2D eigenvalue weighted by atomic mass is 35.5. The number of halogens is 1. The Morgan fingerprint density at radius 2 is 1.65 bits per heavy atom. The monoisotopic (exact) mass is 297 g/mol. The van der Waals surface area contributed by atoms with Crippen LogP contribution < -0.4 is 16.4 Å². The molecular formula is C14H20ClN3O2. The smallest absolute Gasteiger partial charge is 0.227 e. The van der Waals surface area contributed by atoms with Gasteiger partial charge in [-0.05, 0) is 43.5 Å². The van der Waals surface area contributed by atoms with Crippen molar-refractivity contribution in [3.8, 4) is 0 Å². The van der Waals surface area contributed by atoms with Gasteiger partial charge in [-0.3, -0.25) is 9.59 Å². The largest absolute Gasteiger partial charge is 0.328 e. The van der Waals surface area contributed by atoms with Crippen molar-refractivity contribution in [2.75, 3.05) is 10.6 Å². The Hall–Kier alpha value is -1.59. The summed E-state index contributed by atoms with van der Waals surface area (Å²) in [6.07, 6.45) is 2.53. The lowest BCUT2D eigenvalue weighted by molar-refractivity contribution is -0.119. The molecule has 0 aliphatic heterocycles. The second kappa shape index (κ2) is 7.26. The number of nitrogens with one attached hydrogen (secondary N) is 2. The van der Waals surface area contributed by atoms with Crippen LogP contribution in [0.2, 0.25) is 0 Å². The summed E-state index contributed by atoms with van der Waals surface area (Å²) in [5.74, 6) is -0.0676. The first-order valence-electron chi connectivity index (χ1n) is 6.48. The summed E-state index contributed by atoms with van der Waals surface area (Å²) in [5, 5.41) is 5.56. The molecule has 1 aliphatic rings. The van der Waals surface area contributed by atoms with Crippen LogP contribution in [0.4, 0.5) is 11.4 Å². The molecule has 0 aromatic heterocycles. The molecule has 2 amide bonds. The Morgan fingerprint density at radius 1 is 1.10 bits per heavy atom. The van der Waals surface area contributed by atoms with Crippen LogP contribution >= 0.6 is 12.4 Å². The summed E-state index contributed by atoms with van der Waals surface area (Å²) in [5.41, 5.74) is 7.25. The van der Waals surface area contributed by atoms with Gasteiger partial charge in [0.05, 0.1) is 0 Å². The number of anilines is 2. The molecule has 1 aliphatic carbocycles. The maximum absolute atomic E-state index is 12.0. The van der Waals surface area contributed by atoms with Crippen LogP contribution in [0.25, 0.3) is 0 Å². The zero-order valence-electron chi connectivity index (χ0n) is 11.4. The number of carbonyl (C=O) groups excluding carboxylic acids is 2. The number of hydrogen-bond donors (Lipinski definition) is 3. The van der Waals surface area contributed by atoms with Gasteiger partial charge in [0.2, 0.25) is 11.8 Å². The number of rotatable bonds is 3. The van der Waals surface area contributed by atoms with Crippen LogP contribution in [0.15, 0.2) is 24.3 Å². The second-order valence-corrected chi connectivity index (χ2v) is 5.02. The van der Waals surface area contributed by atoms with E-state index in [0.29, 0.717) is 5.69 Å². The maximum atomic E-state index is 12.0. The zero-order chi connectivity index (χ0) is 13.8. The zero-order valence-corrected chi connectivity index (χ0v) is 12.2. The molecule has 2 rings (SSSR count). The first kappa shape index (κ1) is 16.5. The van der Waals surface area contributed by atoms with Crippen molar-refractivity contribution in [3.05, 3.63) is 24.3 Å². The molecular weight excluding hydrogens is 278 g/mol. The third-order valence-electron chi connectivity index (χ3n) is 3.32. The molecule has 110 valence electrons. The molecule has 5 nitrogen and oxygen atoms in total. The summed E-state index contributed by atoms with van der Waals surface area (Å²) in [4.78, 5) is 22.9. The van der Waals surface area contributed by atoms with E-state index in [1.165, 1.54) is 6.92 Å². The number of nitrogens with two attached hydrogens (primary N) is 1. The minimum Gasteiger partial charge on any atom is -0.328 e. The molecule has 1 fully saturated rings. The fourth-order valence-corrected chi connectivity index (χ4v) is 2.34. The average molecular weight is 298 g/mol. The van der Waals surface area contributed by atoms with Gasteiger partial charge in [0.1, 0.15) is 0 Å². The molecule has 1 aromatic rings.